The summed E-state index contributed by atoms with van der Waals surface area (Å²) < 4.78 is 7.60. The molecule has 0 heterocycles. The van der Waals surface area contributed by atoms with Crippen molar-refractivity contribution in [2.45, 2.75) is 0 Å². The van der Waals surface area contributed by atoms with Crippen LogP contribution in [0.25, 0.3) is 0 Å². The molecule has 0 saturated carbocycles. The van der Waals surface area contributed by atoms with Crippen LogP contribution in [0.5, 0.6) is 0 Å². The molecule has 0 unspecified atom stereocenters. The minimum absolute atomic E-state index is 0.235. The third-order valence-corrected chi connectivity index (χ3v) is 1.63. The summed E-state index contributed by atoms with van der Waals surface area (Å²) in [6.07, 6.45) is 0. The van der Waals surface area contributed by atoms with E-state index in [-0.39, 0.29) is 18.2 Å². The van der Waals surface area contributed by atoms with Crippen molar-refractivity contribution >= 4 is 31.1 Å². The van der Waals surface area contributed by atoms with Gasteiger partial charge in [-0.3, -0.25) is 12.9 Å². The number of hydrogen-bond acceptors (Lipinski definition) is 1. The van der Waals surface area contributed by atoms with E-state index in [2.05, 4.69) is 27.6 Å². The van der Waals surface area contributed by atoms with Crippen LogP contribution in [-0.2, 0) is 4.74 Å². The van der Waals surface area contributed by atoms with Crippen molar-refractivity contribution in [1.82, 2.24) is 0 Å². The van der Waals surface area contributed by atoms with Gasteiger partial charge in [-0.2, -0.15) is 0 Å². The van der Waals surface area contributed by atoms with Crippen molar-refractivity contribution in [1.29, 1.82) is 0 Å². The van der Waals surface area contributed by atoms with E-state index < -0.39 is 0 Å². The molecule has 0 atom stereocenters. The first-order valence-electron chi connectivity index (χ1n) is 1.92. The van der Waals surface area contributed by atoms with E-state index in [0.717, 1.165) is 0 Å². The Bertz CT molecular complexity index is 83.4. The molecule has 0 N–H and O–H groups in total. The molecule has 0 saturated heterocycles. The Balaban J connectivity index is 2.91. The highest BCUT2D eigenvalue weighted by molar-refractivity contribution is 9.23. The molecule has 7 heavy (non-hydrogen) atoms. The first kappa shape index (κ1) is 7.77. The third-order valence-electron chi connectivity index (χ3n) is 0.408. The highest BCUT2D eigenvalue weighted by Crippen LogP contribution is 1.67. The molecule has 0 aliphatic rings. The van der Waals surface area contributed by atoms with Crippen molar-refractivity contribution in [2.75, 3.05) is 13.7 Å². The second kappa shape index (κ2) is 6.77. The third kappa shape index (κ3) is 6.77. The fourth-order valence-electron chi connectivity index (χ4n) is 0.170. The average Bonchev–Trinajstić information content (AvgIpc) is 1.69. The van der Waals surface area contributed by atoms with Gasteiger partial charge >= 0.3 is 18.2 Å². The van der Waals surface area contributed by atoms with Gasteiger partial charge in [0.2, 0.25) is 0 Å². The molecule has 0 fully saturated rings. The predicted molar refractivity (Wildman–Crippen MR) is 34.3 cm³/mol. The molecular weight excluding hydrogens is 168 g/mol. The first-order valence-corrected chi connectivity index (χ1v) is 6.53. The number of hydrogen-bond donors (Lipinski definition) is 0. The van der Waals surface area contributed by atoms with Crippen molar-refractivity contribution in [2.24, 2.45) is 0 Å². The second-order valence-electron chi connectivity index (χ2n) is 0.920. The van der Waals surface area contributed by atoms with Crippen LogP contribution >= 0.6 is 12.9 Å². The lowest BCUT2D eigenvalue weighted by Crippen LogP contribution is -1.81. The van der Waals surface area contributed by atoms with E-state index in [1.165, 1.54) is 0 Å². The molecular formula is C4H5BrMgO. The molecule has 0 aromatic heterocycles. The Hall–Kier alpha value is 0.766. The van der Waals surface area contributed by atoms with Crippen LogP contribution in [0.4, 0.5) is 0 Å². The normalized spacial score (nSPS) is 6.00. The zero-order valence-electron chi connectivity index (χ0n) is 4.20. The number of halogens is 1. The van der Waals surface area contributed by atoms with E-state index in [1.807, 2.05) is 0 Å². The van der Waals surface area contributed by atoms with Crippen molar-refractivity contribution in [3.63, 3.8) is 0 Å². The maximum atomic E-state index is 4.67. The summed E-state index contributed by atoms with van der Waals surface area (Å²) in [5, 5.41) is 0. The average molecular weight is 173 g/mol. The molecule has 36 valence electrons. The summed E-state index contributed by atoms with van der Waals surface area (Å²) in [6.45, 7) is 0.568. The molecule has 0 aromatic carbocycles. The lowest BCUT2D eigenvalue weighted by atomic mass is 10.8. The minimum atomic E-state index is -0.235. The Morgan fingerprint density at radius 3 is 3.00 bits per heavy atom. The quantitative estimate of drug-likeness (QED) is 0.417. The van der Waals surface area contributed by atoms with Crippen LogP contribution in [0.15, 0.2) is 0 Å². The van der Waals surface area contributed by atoms with Crippen molar-refractivity contribution in [3.05, 3.63) is 0 Å². The Morgan fingerprint density at radius 1 is 1.86 bits per heavy atom. The fraction of sp³-hybridized carbons (Fsp3) is 0.500. The topological polar surface area (TPSA) is 9.23 Å². The van der Waals surface area contributed by atoms with E-state index in [4.69, 9.17) is 0 Å². The Labute approximate surface area is 59.4 Å². The van der Waals surface area contributed by atoms with Crippen LogP contribution in [0.3, 0.4) is 0 Å². The van der Waals surface area contributed by atoms with Crippen molar-refractivity contribution < 1.29 is 4.74 Å². The highest BCUT2D eigenvalue weighted by Gasteiger charge is 1.72. The Kier molecular flexibility index (Phi) is 7.51. The molecule has 0 aliphatic heterocycles. The van der Waals surface area contributed by atoms with Crippen molar-refractivity contribution in [3.8, 4) is 9.97 Å². The maximum absolute atomic E-state index is 4.67. The number of ether oxygens (including phenoxy) is 1. The Morgan fingerprint density at radius 2 is 2.57 bits per heavy atom. The van der Waals surface area contributed by atoms with Gasteiger partial charge in [0.15, 0.2) is 0 Å². The molecule has 0 rings (SSSR count). The molecule has 0 radical (unpaired) electrons. The monoisotopic (exact) mass is 172 g/mol. The zero-order valence-corrected chi connectivity index (χ0v) is 7.20. The molecule has 3 heteroatoms. The van der Waals surface area contributed by atoms with Crippen LogP contribution in [0.2, 0.25) is 0 Å². The van der Waals surface area contributed by atoms with Gasteiger partial charge in [0.25, 0.3) is 0 Å². The lowest BCUT2D eigenvalue weighted by molar-refractivity contribution is 0.240. The predicted octanol–water partition coefficient (Wildman–Crippen LogP) is 0.608. The van der Waals surface area contributed by atoms with E-state index in [9.17, 15) is 0 Å². The molecule has 0 spiro atoms. The van der Waals surface area contributed by atoms with Gasteiger partial charge in [0, 0.05) is 7.11 Å². The smallest absolute Gasteiger partial charge is 0.372 e. The van der Waals surface area contributed by atoms with E-state index in [1.54, 1.807) is 7.11 Å². The first-order chi connectivity index (χ1) is 3.41. The molecule has 0 amide bonds. The summed E-state index contributed by atoms with van der Waals surface area (Å²) in [4.78, 5) is 0. The summed E-state index contributed by atoms with van der Waals surface area (Å²) in [5.74, 6) is 2.83. The lowest BCUT2D eigenvalue weighted by Gasteiger charge is -1.79. The second-order valence-corrected chi connectivity index (χ2v) is 3.22. The van der Waals surface area contributed by atoms with Gasteiger partial charge in [0.05, 0.1) is 0 Å². The van der Waals surface area contributed by atoms with E-state index >= 15 is 0 Å². The van der Waals surface area contributed by atoms with Gasteiger partial charge in [-0.25, -0.2) is 4.05 Å². The van der Waals surface area contributed by atoms with Crippen LogP contribution in [-0.4, -0.2) is 31.9 Å². The van der Waals surface area contributed by atoms with E-state index in [0.29, 0.717) is 6.61 Å². The summed E-state index contributed by atoms with van der Waals surface area (Å²) in [6, 6.07) is 0. The number of rotatable bonds is 1. The highest BCUT2D eigenvalue weighted by atomic mass is 79.9. The summed E-state index contributed by atoms with van der Waals surface area (Å²) in [5.41, 5.74) is 0. The van der Waals surface area contributed by atoms with Crippen LogP contribution in [0, 0.1) is 9.97 Å². The summed E-state index contributed by atoms with van der Waals surface area (Å²) >= 11 is 3.05. The van der Waals surface area contributed by atoms with Gasteiger partial charge in [-0.15, -0.1) is 5.92 Å². The van der Waals surface area contributed by atoms with Crippen LogP contribution in [0.1, 0.15) is 0 Å². The molecule has 1 nitrogen and oxygen atoms in total. The minimum Gasteiger partial charge on any atom is -0.372 e. The summed E-state index contributed by atoms with van der Waals surface area (Å²) in [7, 11) is 1.64. The van der Waals surface area contributed by atoms with Crippen LogP contribution < -0.4 is 0 Å². The van der Waals surface area contributed by atoms with Gasteiger partial charge in [-0.05, 0) is 0 Å². The fourth-order valence-corrected chi connectivity index (χ4v) is 0.962. The SMILES string of the molecule is COCC#[C][Mg][Br]. The largest absolute Gasteiger partial charge is 0.569 e. The standard InChI is InChI=1S/C4H5O.BrH.Mg/c1-3-4-5-2;;/h4H2,2H3;1H;/q;;+1/p-1. The van der Waals surface area contributed by atoms with Gasteiger partial charge in [-0.1, -0.05) is 0 Å². The zero-order chi connectivity index (χ0) is 5.54. The molecule has 0 aliphatic carbocycles. The maximum Gasteiger partial charge on any atom is 0.569 e. The number of methoxy groups -OCH3 is 1. The molecule has 0 aromatic rings. The van der Waals surface area contributed by atoms with Gasteiger partial charge < -0.3 is 4.74 Å². The molecule has 0 bridgehead atoms. The van der Waals surface area contributed by atoms with Gasteiger partial charge in [0.1, 0.15) is 6.61 Å².